The van der Waals surface area contributed by atoms with Crippen LogP contribution in [0.25, 0.3) is 0 Å². The van der Waals surface area contributed by atoms with Gasteiger partial charge >= 0.3 is 0 Å². The molecule has 88 valence electrons. The van der Waals surface area contributed by atoms with E-state index in [1.807, 2.05) is 12.1 Å². The number of likely N-dealkylation sites (tertiary alicyclic amines) is 1. The van der Waals surface area contributed by atoms with Crippen molar-refractivity contribution in [1.82, 2.24) is 4.90 Å². The molecule has 2 rings (SSSR count). The molecule has 0 atom stereocenters. The summed E-state index contributed by atoms with van der Waals surface area (Å²) in [6.45, 7) is 3.14. The number of halogens is 2. The van der Waals surface area contributed by atoms with Crippen LogP contribution in [0.1, 0.15) is 18.4 Å². The SMILES string of the molecule is Fc1ccc(CN2CCC(CCl)CC2)cc1. The lowest BCUT2D eigenvalue weighted by Gasteiger charge is -2.30. The van der Waals surface area contributed by atoms with Crippen LogP contribution in [-0.4, -0.2) is 23.9 Å². The summed E-state index contributed by atoms with van der Waals surface area (Å²) in [6, 6.07) is 6.79. The van der Waals surface area contributed by atoms with Crippen molar-refractivity contribution in [2.24, 2.45) is 5.92 Å². The number of rotatable bonds is 3. The smallest absolute Gasteiger partial charge is 0.123 e. The van der Waals surface area contributed by atoms with Crippen LogP contribution in [-0.2, 0) is 6.54 Å². The third-order valence-electron chi connectivity index (χ3n) is 3.24. The van der Waals surface area contributed by atoms with E-state index in [0.29, 0.717) is 5.92 Å². The minimum Gasteiger partial charge on any atom is -0.299 e. The standard InChI is InChI=1S/C13H17ClFN/c14-9-11-5-7-16(8-6-11)10-12-1-3-13(15)4-2-12/h1-4,11H,5-10H2. The van der Waals surface area contributed by atoms with Gasteiger partial charge in [-0.25, -0.2) is 4.39 Å². The molecule has 0 aliphatic carbocycles. The second-order valence-electron chi connectivity index (χ2n) is 4.50. The summed E-state index contributed by atoms with van der Waals surface area (Å²) in [5.74, 6) is 1.31. The Balaban J connectivity index is 1.84. The van der Waals surface area contributed by atoms with Gasteiger partial charge in [-0.2, -0.15) is 0 Å². The molecular weight excluding hydrogens is 225 g/mol. The highest BCUT2D eigenvalue weighted by molar-refractivity contribution is 6.18. The molecule has 1 aliphatic rings. The summed E-state index contributed by atoms with van der Waals surface area (Å²) in [6.07, 6.45) is 2.37. The first-order valence-electron chi connectivity index (χ1n) is 5.80. The van der Waals surface area contributed by atoms with E-state index in [1.54, 1.807) is 0 Å². The highest BCUT2D eigenvalue weighted by Crippen LogP contribution is 2.19. The molecule has 1 fully saturated rings. The van der Waals surface area contributed by atoms with E-state index >= 15 is 0 Å². The Labute approximate surface area is 101 Å². The summed E-state index contributed by atoms with van der Waals surface area (Å²) in [5.41, 5.74) is 1.19. The highest BCUT2D eigenvalue weighted by atomic mass is 35.5. The quantitative estimate of drug-likeness (QED) is 0.735. The molecule has 0 radical (unpaired) electrons. The summed E-state index contributed by atoms with van der Waals surface area (Å²) >= 11 is 5.85. The van der Waals surface area contributed by atoms with Gasteiger partial charge in [0.25, 0.3) is 0 Å². The first kappa shape index (κ1) is 11.9. The number of benzene rings is 1. The van der Waals surface area contributed by atoms with Crippen LogP contribution in [0.3, 0.4) is 0 Å². The van der Waals surface area contributed by atoms with Gasteiger partial charge < -0.3 is 0 Å². The molecule has 0 spiro atoms. The van der Waals surface area contributed by atoms with Gasteiger partial charge in [0.2, 0.25) is 0 Å². The Kier molecular flexibility index (Phi) is 4.19. The van der Waals surface area contributed by atoms with Crippen molar-refractivity contribution in [2.75, 3.05) is 19.0 Å². The monoisotopic (exact) mass is 241 g/mol. The largest absolute Gasteiger partial charge is 0.299 e. The normalized spacial score (nSPS) is 18.9. The predicted octanol–water partition coefficient (Wildman–Crippen LogP) is 3.28. The maximum Gasteiger partial charge on any atom is 0.123 e. The summed E-state index contributed by atoms with van der Waals surface area (Å²) in [4.78, 5) is 2.41. The van der Waals surface area contributed by atoms with E-state index in [9.17, 15) is 4.39 Å². The summed E-state index contributed by atoms with van der Waals surface area (Å²) < 4.78 is 12.7. The molecule has 0 amide bonds. The molecule has 0 unspecified atom stereocenters. The van der Waals surface area contributed by atoms with Gasteiger partial charge in [0.15, 0.2) is 0 Å². The van der Waals surface area contributed by atoms with Gasteiger partial charge in [-0.3, -0.25) is 4.90 Å². The fourth-order valence-electron chi connectivity index (χ4n) is 2.15. The van der Waals surface area contributed by atoms with Crippen molar-refractivity contribution in [3.8, 4) is 0 Å². The number of nitrogens with zero attached hydrogens (tertiary/aromatic N) is 1. The Morgan fingerprint density at radius 2 is 1.81 bits per heavy atom. The van der Waals surface area contributed by atoms with Crippen LogP contribution < -0.4 is 0 Å². The molecule has 1 aromatic rings. The van der Waals surface area contributed by atoms with Gasteiger partial charge in [-0.1, -0.05) is 12.1 Å². The Bertz CT molecular complexity index is 317. The van der Waals surface area contributed by atoms with Crippen molar-refractivity contribution >= 4 is 11.6 Å². The summed E-state index contributed by atoms with van der Waals surface area (Å²) in [7, 11) is 0. The van der Waals surface area contributed by atoms with Crippen LogP contribution in [0.5, 0.6) is 0 Å². The first-order valence-corrected chi connectivity index (χ1v) is 6.34. The second kappa shape index (κ2) is 5.65. The van der Waals surface area contributed by atoms with Crippen LogP contribution in [0, 0.1) is 11.7 Å². The maximum atomic E-state index is 12.7. The molecule has 0 aromatic heterocycles. The van der Waals surface area contributed by atoms with Gasteiger partial charge in [0.05, 0.1) is 0 Å². The Hall–Kier alpha value is -0.600. The Morgan fingerprint density at radius 1 is 1.19 bits per heavy atom. The van der Waals surface area contributed by atoms with Crippen molar-refractivity contribution in [3.63, 3.8) is 0 Å². The molecule has 0 N–H and O–H groups in total. The first-order chi connectivity index (χ1) is 7.78. The average Bonchev–Trinajstić information content (AvgIpc) is 2.33. The van der Waals surface area contributed by atoms with Crippen molar-refractivity contribution in [1.29, 1.82) is 0 Å². The number of alkyl halides is 1. The number of hydrogen-bond donors (Lipinski definition) is 0. The van der Waals surface area contributed by atoms with Gasteiger partial charge in [0.1, 0.15) is 5.82 Å². The zero-order valence-corrected chi connectivity index (χ0v) is 10.1. The second-order valence-corrected chi connectivity index (χ2v) is 4.81. The summed E-state index contributed by atoms with van der Waals surface area (Å²) in [5, 5.41) is 0. The van der Waals surface area contributed by atoms with Gasteiger partial charge in [-0.15, -0.1) is 11.6 Å². The molecule has 1 heterocycles. The number of piperidine rings is 1. The fraction of sp³-hybridized carbons (Fsp3) is 0.538. The van der Waals surface area contributed by atoms with E-state index < -0.39 is 0 Å². The fourth-order valence-corrected chi connectivity index (χ4v) is 2.46. The topological polar surface area (TPSA) is 3.24 Å². The predicted molar refractivity (Wildman–Crippen MR) is 65.1 cm³/mol. The van der Waals surface area contributed by atoms with E-state index in [4.69, 9.17) is 11.6 Å². The van der Waals surface area contributed by atoms with E-state index in [1.165, 1.54) is 30.5 Å². The molecule has 1 saturated heterocycles. The lowest BCUT2D eigenvalue weighted by Crippen LogP contribution is -2.33. The molecule has 3 heteroatoms. The zero-order valence-electron chi connectivity index (χ0n) is 9.33. The van der Waals surface area contributed by atoms with E-state index in [-0.39, 0.29) is 5.82 Å². The van der Waals surface area contributed by atoms with Crippen molar-refractivity contribution in [3.05, 3.63) is 35.6 Å². The van der Waals surface area contributed by atoms with E-state index in [0.717, 1.165) is 25.5 Å². The highest BCUT2D eigenvalue weighted by Gasteiger charge is 2.18. The van der Waals surface area contributed by atoms with E-state index in [2.05, 4.69) is 4.90 Å². The molecule has 1 aliphatic heterocycles. The van der Waals surface area contributed by atoms with Crippen LogP contribution in [0.15, 0.2) is 24.3 Å². The van der Waals surface area contributed by atoms with Crippen LogP contribution in [0.4, 0.5) is 4.39 Å². The zero-order chi connectivity index (χ0) is 11.4. The van der Waals surface area contributed by atoms with Gasteiger partial charge in [-0.05, 0) is 49.5 Å². The van der Waals surface area contributed by atoms with Crippen LogP contribution >= 0.6 is 11.6 Å². The Morgan fingerprint density at radius 3 is 2.38 bits per heavy atom. The minimum atomic E-state index is -0.162. The van der Waals surface area contributed by atoms with Crippen molar-refractivity contribution in [2.45, 2.75) is 19.4 Å². The average molecular weight is 242 g/mol. The van der Waals surface area contributed by atoms with Gasteiger partial charge in [0, 0.05) is 12.4 Å². The maximum absolute atomic E-state index is 12.7. The third-order valence-corrected chi connectivity index (χ3v) is 3.68. The molecule has 0 saturated carbocycles. The lowest BCUT2D eigenvalue weighted by molar-refractivity contribution is 0.186. The molecule has 1 nitrogen and oxygen atoms in total. The molecule has 16 heavy (non-hydrogen) atoms. The molecular formula is C13H17ClFN. The molecule has 0 bridgehead atoms. The lowest BCUT2D eigenvalue weighted by atomic mass is 9.98. The van der Waals surface area contributed by atoms with Crippen LogP contribution in [0.2, 0.25) is 0 Å². The minimum absolute atomic E-state index is 0.162. The van der Waals surface area contributed by atoms with Crippen molar-refractivity contribution < 1.29 is 4.39 Å². The number of hydrogen-bond acceptors (Lipinski definition) is 1. The third kappa shape index (κ3) is 3.19. The molecule has 1 aromatic carbocycles.